The molecule has 0 amide bonds. The first kappa shape index (κ1) is 41.5. The fourth-order valence-electron chi connectivity index (χ4n) is 7.42. The minimum Gasteiger partial charge on any atom is -0.458 e. The number of esters is 2. The van der Waals surface area contributed by atoms with Crippen LogP contribution in [0.1, 0.15) is 37.4 Å². The molecule has 3 heterocycles. The van der Waals surface area contributed by atoms with Crippen LogP contribution in [0.15, 0.2) is 152 Å². The molecule has 12 nitrogen and oxygen atoms in total. The van der Waals surface area contributed by atoms with Gasteiger partial charge < -0.3 is 47.4 Å². The van der Waals surface area contributed by atoms with Crippen LogP contribution in [-0.4, -0.2) is 93.7 Å². The molecule has 5 aromatic carbocycles. The molecule has 312 valence electrons. The van der Waals surface area contributed by atoms with Gasteiger partial charge >= 0.3 is 11.9 Å². The van der Waals surface area contributed by atoms with Gasteiger partial charge in [0.1, 0.15) is 49.3 Å². The zero-order valence-electron chi connectivity index (χ0n) is 33.1. The lowest BCUT2D eigenvalue weighted by Crippen LogP contribution is -2.62. The van der Waals surface area contributed by atoms with Crippen LogP contribution in [0, 0.1) is 0 Å². The fraction of sp³-hybridized carbons (Fsp3) is 0.333. The minimum absolute atomic E-state index is 0.179. The summed E-state index contributed by atoms with van der Waals surface area (Å²) < 4.78 is 63.4. The smallest absolute Gasteiger partial charge is 0.338 e. The van der Waals surface area contributed by atoms with Gasteiger partial charge in [0.15, 0.2) is 18.7 Å². The highest BCUT2D eigenvalue weighted by atomic mass is 16.8. The zero-order valence-corrected chi connectivity index (χ0v) is 33.1. The predicted octanol–water partition coefficient (Wildman–Crippen LogP) is 6.71. The molecule has 0 aliphatic carbocycles. The SMILES string of the molecule is CO[C@H]1O[C@H](COCc2ccccc2)[C@@H](OCc2ccccc2)[C@H](OCc2ccccc2)[C@@H]1O[C@H]1O[C@@H]([C@@H](COC(=O)c2ccccc2)OC(=O)c2ccccc2)[C@H]2O[C@@H]12. The van der Waals surface area contributed by atoms with E-state index in [9.17, 15) is 9.59 Å². The lowest BCUT2D eigenvalue weighted by atomic mass is 9.97. The van der Waals surface area contributed by atoms with Crippen molar-refractivity contribution in [3.05, 3.63) is 179 Å². The summed E-state index contributed by atoms with van der Waals surface area (Å²) in [5, 5.41) is 0. The van der Waals surface area contributed by atoms with E-state index in [0.29, 0.717) is 17.7 Å². The van der Waals surface area contributed by atoms with Crippen molar-refractivity contribution in [3.63, 3.8) is 0 Å². The fourth-order valence-corrected chi connectivity index (χ4v) is 7.42. The number of hydrogen-bond donors (Lipinski definition) is 0. The lowest BCUT2D eigenvalue weighted by Gasteiger charge is -2.46. The van der Waals surface area contributed by atoms with Crippen LogP contribution < -0.4 is 0 Å². The van der Waals surface area contributed by atoms with Crippen LogP contribution in [0.4, 0.5) is 0 Å². The highest BCUT2D eigenvalue weighted by Gasteiger charge is 2.63. The van der Waals surface area contributed by atoms with E-state index in [1.165, 1.54) is 7.11 Å². The molecule has 60 heavy (non-hydrogen) atoms. The molecule has 3 aliphatic heterocycles. The van der Waals surface area contributed by atoms with Crippen molar-refractivity contribution >= 4 is 11.9 Å². The largest absolute Gasteiger partial charge is 0.458 e. The molecule has 3 saturated heterocycles. The summed E-state index contributed by atoms with van der Waals surface area (Å²) in [4.78, 5) is 26.4. The third-order valence-corrected chi connectivity index (χ3v) is 10.5. The molecular formula is C48H48O12. The van der Waals surface area contributed by atoms with Crippen LogP contribution in [0.5, 0.6) is 0 Å². The number of ether oxygens (including phenoxy) is 10. The highest BCUT2D eigenvalue weighted by molar-refractivity contribution is 5.90. The molecular weight excluding hydrogens is 769 g/mol. The Hall–Kier alpha value is -5.28. The predicted molar refractivity (Wildman–Crippen MR) is 216 cm³/mol. The van der Waals surface area contributed by atoms with Crippen molar-refractivity contribution in [2.75, 3.05) is 20.3 Å². The summed E-state index contributed by atoms with van der Waals surface area (Å²) in [5.74, 6) is -1.17. The van der Waals surface area contributed by atoms with Crippen molar-refractivity contribution in [1.82, 2.24) is 0 Å². The van der Waals surface area contributed by atoms with Gasteiger partial charge in [-0.2, -0.15) is 0 Å². The number of methoxy groups -OCH3 is 1. The Balaban J connectivity index is 1.03. The first-order chi connectivity index (χ1) is 29.5. The van der Waals surface area contributed by atoms with Crippen molar-refractivity contribution in [2.45, 2.75) is 81.2 Å². The van der Waals surface area contributed by atoms with Crippen LogP contribution in [0.25, 0.3) is 0 Å². The topological polar surface area (TPSA) is 130 Å². The van der Waals surface area contributed by atoms with Gasteiger partial charge in [-0.3, -0.25) is 0 Å². The molecule has 0 spiro atoms. The van der Waals surface area contributed by atoms with Crippen molar-refractivity contribution < 1.29 is 57.0 Å². The maximum Gasteiger partial charge on any atom is 0.338 e. The Kier molecular flexibility index (Phi) is 14.0. The molecule has 0 bridgehead atoms. The van der Waals surface area contributed by atoms with E-state index in [4.69, 9.17) is 47.4 Å². The third kappa shape index (κ3) is 10.5. The quantitative estimate of drug-likeness (QED) is 0.0650. The molecule has 0 saturated carbocycles. The second-order valence-electron chi connectivity index (χ2n) is 14.7. The van der Waals surface area contributed by atoms with Gasteiger partial charge in [-0.05, 0) is 41.0 Å². The molecule has 12 heteroatoms. The van der Waals surface area contributed by atoms with Crippen LogP contribution in [0.3, 0.4) is 0 Å². The molecule has 10 atom stereocenters. The summed E-state index contributed by atoms with van der Waals surface area (Å²) in [5.41, 5.74) is 3.63. The van der Waals surface area contributed by atoms with Crippen LogP contribution in [-0.2, 0) is 67.2 Å². The number of hydrogen-bond acceptors (Lipinski definition) is 12. The first-order valence-electron chi connectivity index (χ1n) is 20.1. The lowest BCUT2D eigenvalue weighted by molar-refractivity contribution is -0.347. The summed E-state index contributed by atoms with van der Waals surface area (Å²) in [6.45, 7) is 0.773. The number of fused-ring (bicyclic) bond motifs is 1. The maximum absolute atomic E-state index is 13.4. The Labute approximate surface area is 349 Å². The summed E-state index contributed by atoms with van der Waals surface area (Å²) in [6, 6.07) is 46.7. The highest BCUT2D eigenvalue weighted by Crippen LogP contribution is 2.44. The van der Waals surface area contributed by atoms with Gasteiger partial charge in [0.05, 0.1) is 37.6 Å². The Morgan fingerprint density at radius 1 is 0.550 bits per heavy atom. The number of carbonyl (C=O) groups is 2. The molecule has 0 unspecified atom stereocenters. The molecule has 0 N–H and O–H groups in total. The van der Waals surface area contributed by atoms with E-state index < -0.39 is 73.4 Å². The van der Waals surface area contributed by atoms with E-state index in [1.54, 1.807) is 60.7 Å². The normalized spacial score (nSPS) is 26.1. The van der Waals surface area contributed by atoms with Gasteiger partial charge in [0.2, 0.25) is 0 Å². The second-order valence-corrected chi connectivity index (χ2v) is 14.7. The number of carbonyl (C=O) groups excluding carboxylic acids is 2. The second kappa shape index (κ2) is 20.3. The number of rotatable bonds is 19. The zero-order chi connectivity index (χ0) is 41.1. The molecule has 8 rings (SSSR count). The van der Waals surface area contributed by atoms with E-state index in [1.807, 2.05) is 91.0 Å². The number of benzene rings is 5. The first-order valence-corrected chi connectivity index (χ1v) is 20.1. The van der Waals surface area contributed by atoms with Crippen molar-refractivity contribution in [1.29, 1.82) is 0 Å². The summed E-state index contributed by atoms with van der Waals surface area (Å²) in [7, 11) is 1.54. The Bertz CT molecular complexity index is 2070. The van der Waals surface area contributed by atoms with Gasteiger partial charge in [0.25, 0.3) is 0 Å². The average molecular weight is 817 g/mol. The standard InChI is InChI=1S/C48H48O12/c1-51-47-43(60-48-44-42(58-44)40(59-48)38(56-46(50)36-25-15-6-16-26-36)31-55-45(49)35-23-13-5-14-24-35)41(54-29-34-21-11-4-12-22-34)39(53-28-33-19-9-3-10-20-33)37(57-47)30-52-27-32-17-7-2-8-18-32/h2-26,37-44,47-48H,27-31H2,1H3/t37-,38-,39-,40+,41+,42-,43+,44-,47+,48-/m1/s1. The summed E-state index contributed by atoms with van der Waals surface area (Å²) in [6.07, 6.45) is -7.77. The van der Waals surface area contributed by atoms with E-state index in [0.717, 1.165) is 16.7 Å². The van der Waals surface area contributed by atoms with Crippen LogP contribution >= 0.6 is 0 Å². The average Bonchev–Trinajstić information content (AvgIpc) is 4.03. The van der Waals surface area contributed by atoms with Crippen LogP contribution in [0.2, 0.25) is 0 Å². The van der Waals surface area contributed by atoms with Crippen molar-refractivity contribution in [3.8, 4) is 0 Å². The van der Waals surface area contributed by atoms with Gasteiger partial charge in [-0.1, -0.05) is 127 Å². The molecule has 3 fully saturated rings. The van der Waals surface area contributed by atoms with Gasteiger partial charge in [-0.15, -0.1) is 0 Å². The summed E-state index contributed by atoms with van der Waals surface area (Å²) >= 11 is 0. The van der Waals surface area contributed by atoms with Gasteiger partial charge in [-0.25, -0.2) is 9.59 Å². The maximum atomic E-state index is 13.4. The Morgan fingerprint density at radius 2 is 1.07 bits per heavy atom. The van der Waals surface area contributed by atoms with E-state index in [-0.39, 0.29) is 26.4 Å². The molecule has 0 aromatic heterocycles. The Morgan fingerprint density at radius 3 is 1.63 bits per heavy atom. The van der Waals surface area contributed by atoms with Gasteiger partial charge in [0, 0.05) is 7.11 Å². The molecule has 0 radical (unpaired) electrons. The molecule has 5 aromatic rings. The van der Waals surface area contributed by atoms with Crippen molar-refractivity contribution in [2.24, 2.45) is 0 Å². The monoisotopic (exact) mass is 816 g/mol. The minimum atomic E-state index is -1.03. The third-order valence-electron chi connectivity index (χ3n) is 10.5. The van der Waals surface area contributed by atoms with E-state index >= 15 is 0 Å². The van der Waals surface area contributed by atoms with E-state index in [2.05, 4.69) is 0 Å². The number of epoxide rings is 1. The molecule has 3 aliphatic rings.